The number of nitrogens with one attached hydrogen (secondary N) is 1. The van der Waals surface area contributed by atoms with Crippen LogP contribution in [0.1, 0.15) is 32.1 Å². The molecule has 1 aromatic rings. The van der Waals surface area contributed by atoms with E-state index in [-0.39, 0.29) is 37.9 Å². The second kappa shape index (κ2) is 11.4. The molecule has 0 aliphatic rings. The number of likely N-dealkylation sites (N-methyl/N-ethyl adjacent to an activating group) is 1. The van der Waals surface area contributed by atoms with E-state index in [9.17, 15) is 4.79 Å². The fourth-order valence-corrected chi connectivity index (χ4v) is 1.60. The maximum atomic E-state index is 11.5. The summed E-state index contributed by atoms with van der Waals surface area (Å²) in [6.07, 6.45) is -1.76. The van der Waals surface area contributed by atoms with Gasteiger partial charge >= 0.3 is 0 Å². The van der Waals surface area contributed by atoms with Crippen molar-refractivity contribution in [3.8, 4) is 5.75 Å². The number of nitrogens with zero attached hydrogens (tertiary/aromatic N) is 1. The molecule has 0 bridgehead atoms. The molecule has 21 heavy (non-hydrogen) atoms. The summed E-state index contributed by atoms with van der Waals surface area (Å²) in [4.78, 5) is 13.0. The van der Waals surface area contributed by atoms with Crippen LogP contribution >= 0.6 is 12.4 Å². The Morgan fingerprint density at radius 1 is 1.48 bits per heavy atom. The van der Waals surface area contributed by atoms with Gasteiger partial charge in [-0.1, -0.05) is 25.4 Å². The van der Waals surface area contributed by atoms with Gasteiger partial charge in [0.05, 0.1) is 13.2 Å². The van der Waals surface area contributed by atoms with E-state index in [0.29, 0.717) is 18.7 Å². The standard InChI is InChI=1S/C16H26N2O2.ClH/c1-4-5-11-20-15-8-6-7-14(12-15)9-10-17-13-16(19)18(2)3;/h6-8,12,17H,4-5,9-11,13H2,1-3H3;1H/i1D3,4D2;. The van der Waals surface area contributed by atoms with E-state index in [4.69, 9.17) is 11.6 Å². The van der Waals surface area contributed by atoms with Crippen molar-refractivity contribution in [1.29, 1.82) is 0 Å². The monoisotopic (exact) mass is 319 g/mol. The summed E-state index contributed by atoms with van der Waals surface area (Å²) in [5.74, 6) is 0.587. The lowest BCUT2D eigenvalue weighted by atomic mass is 10.1. The van der Waals surface area contributed by atoms with E-state index in [2.05, 4.69) is 5.32 Å². The van der Waals surface area contributed by atoms with Crippen molar-refractivity contribution < 1.29 is 16.4 Å². The molecule has 1 amide bonds. The molecule has 0 heterocycles. The largest absolute Gasteiger partial charge is 0.494 e. The average molecular weight is 320 g/mol. The predicted molar refractivity (Wildman–Crippen MR) is 89.4 cm³/mol. The SMILES string of the molecule is Cl.[2H]C([2H])([2H])C([2H])([2H])CCOc1cccc(CCNCC(=O)N(C)C)c1. The van der Waals surface area contributed by atoms with Gasteiger partial charge in [-0.2, -0.15) is 0 Å². The van der Waals surface area contributed by atoms with Gasteiger partial charge in [0, 0.05) is 20.9 Å². The number of ether oxygens (including phenoxy) is 1. The molecule has 1 N–H and O–H groups in total. The lowest BCUT2D eigenvalue weighted by molar-refractivity contribution is -0.127. The fraction of sp³-hybridized carbons (Fsp3) is 0.562. The molecule has 120 valence electrons. The van der Waals surface area contributed by atoms with E-state index in [1.165, 1.54) is 4.90 Å². The first-order valence-corrected chi connectivity index (χ1v) is 6.65. The van der Waals surface area contributed by atoms with Crippen LogP contribution in [0.2, 0.25) is 0 Å². The van der Waals surface area contributed by atoms with Gasteiger partial charge in [-0.25, -0.2) is 0 Å². The van der Waals surface area contributed by atoms with Gasteiger partial charge < -0.3 is 15.0 Å². The van der Waals surface area contributed by atoms with Gasteiger partial charge in [-0.05, 0) is 37.1 Å². The molecule has 0 fully saturated rings. The van der Waals surface area contributed by atoms with Gasteiger partial charge in [0.2, 0.25) is 5.91 Å². The summed E-state index contributed by atoms with van der Waals surface area (Å²) in [6, 6.07) is 7.34. The van der Waals surface area contributed by atoms with Crippen molar-refractivity contribution in [3.05, 3.63) is 29.8 Å². The van der Waals surface area contributed by atoms with Crippen molar-refractivity contribution in [3.63, 3.8) is 0 Å². The fourth-order valence-electron chi connectivity index (χ4n) is 1.60. The van der Waals surface area contributed by atoms with E-state index in [1.807, 2.05) is 18.2 Å². The Bertz CT molecular complexity index is 568. The zero-order valence-electron chi connectivity index (χ0n) is 17.5. The molecule has 0 unspecified atom stereocenters. The Labute approximate surface area is 141 Å². The van der Waals surface area contributed by atoms with E-state index in [0.717, 1.165) is 5.56 Å². The molecule has 0 aliphatic heterocycles. The lowest BCUT2D eigenvalue weighted by Gasteiger charge is -2.11. The first kappa shape index (κ1) is 12.3. The van der Waals surface area contributed by atoms with Crippen LogP contribution in [0.25, 0.3) is 0 Å². The van der Waals surface area contributed by atoms with Crippen molar-refractivity contribution in [1.82, 2.24) is 10.2 Å². The molecule has 4 nitrogen and oxygen atoms in total. The Kier molecular flexibility index (Phi) is 6.68. The zero-order chi connectivity index (χ0) is 19.1. The molecule has 0 aromatic heterocycles. The second-order valence-electron chi connectivity index (χ2n) is 4.64. The highest BCUT2D eigenvalue weighted by atomic mass is 35.5. The first-order chi connectivity index (χ1) is 11.5. The third-order valence-electron chi connectivity index (χ3n) is 2.76. The highest BCUT2D eigenvalue weighted by molar-refractivity contribution is 5.85. The van der Waals surface area contributed by atoms with Crippen molar-refractivity contribution >= 4 is 18.3 Å². The van der Waals surface area contributed by atoms with Crippen LogP contribution in [0.4, 0.5) is 0 Å². The first-order valence-electron chi connectivity index (χ1n) is 9.15. The number of benzene rings is 1. The van der Waals surface area contributed by atoms with E-state index in [1.54, 1.807) is 20.2 Å². The molecule has 0 saturated heterocycles. The quantitative estimate of drug-likeness (QED) is 0.711. The molecule has 0 atom stereocenters. The smallest absolute Gasteiger partial charge is 0.236 e. The van der Waals surface area contributed by atoms with Crippen LogP contribution in [-0.2, 0) is 11.2 Å². The van der Waals surface area contributed by atoms with Crippen molar-refractivity contribution in [2.24, 2.45) is 0 Å². The van der Waals surface area contributed by atoms with Gasteiger partial charge in [0.1, 0.15) is 5.75 Å². The van der Waals surface area contributed by atoms with E-state index < -0.39 is 13.2 Å². The molecule has 1 aromatic carbocycles. The van der Waals surface area contributed by atoms with Crippen LogP contribution in [0.15, 0.2) is 24.3 Å². The van der Waals surface area contributed by atoms with Gasteiger partial charge in [-0.3, -0.25) is 4.79 Å². The molecule has 0 saturated carbocycles. The zero-order valence-corrected chi connectivity index (χ0v) is 13.3. The summed E-state index contributed by atoms with van der Waals surface area (Å²) in [5.41, 5.74) is 1.01. The number of halogens is 1. The third kappa shape index (κ3) is 8.58. The number of hydrogen-bond acceptors (Lipinski definition) is 3. The molecule has 1 rings (SSSR count). The number of rotatable bonds is 9. The molecule has 0 radical (unpaired) electrons. The van der Waals surface area contributed by atoms with Crippen LogP contribution in [0.3, 0.4) is 0 Å². The third-order valence-corrected chi connectivity index (χ3v) is 2.76. The van der Waals surface area contributed by atoms with Crippen molar-refractivity contribution in [2.45, 2.75) is 26.1 Å². The minimum absolute atomic E-state index is 0. The molecule has 5 heteroatoms. The van der Waals surface area contributed by atoms with Crippen LogP contribution in [0, 0.1) is 0 Å². The average Bonchev–Trinajstić information content (AvgIpc) is 2.50. The molecule has 0 spiro atoms. The Morgan fingerprint density at radius 3 is 3.00 bits per heavy atom. The van der Waals surface area contributed by atoms with E-state index >= 15 is 0 Å². The molecular weight excluding hydrogens is 288 g/mol. The minimum atomic E-state index is -2.66. The number of amides is 1. The lowest BCUT2D eigenvalue weighted by Crippen LogP contribution is -2.33. The summed E-state index contributed by atoms with van der Waals surface area (Å²) in [6.45, 7) is -1.74. The van der Waals surface area contributed by atoms with Gasteiger partial charge in [-0.15, -0.1) is 12.4 Å². The maximum absolute atomic E-state index is 11.5. The second-order valence-corrected chi connectivity index (χ2v) is 4.64. The van der Waals surface area contributed by atoms with Gasteiger partial charge in [0.25, 0.3) is 0 Å². The normalized spacial score (nSPS) is 14.7. The number of carbonyl (C=O) groups excluding carboxylic acids is 1. The highest BCUT2D eigenvalue weighted by Crippen LogP contribution is 2.14. The summed E-state index contributed by atoms with van der Waals surface area (Å²) >= 11 is 0. The Balaban J connectivity index is 0.00000625. The van der Waals surface area contributed by atoms with Crippen LogP contribution in [0.5, 0.6) is 5.75 Å². The van der Waals surface area contributed by atoms with Crippen LogP contribution < -0.4 is 10.1 Å². The summed E-state index contributed by atoms with van der Waals surface area (Å²) in [7, 11) is 3.42. The Morgan fingerprint density at radius 2 is 2.29 bits per heavy atom. The molecule has 0 aliphatic carbocycles. The summed E-state index contributed by atoms with van der Waals surface area (Å²) in [5, 5.41) is 3.07. The number of hydrogen-bond donors (Lipinski definition) is 1. The number of carbonyl (C=O) groups is 1. The van der Waals surface area contributed by atoms with Crippen LogP contribution in [-0.4, -0.2) is 44.6 Å². The Hall–Kier alpha value is -1.26. The molecular formula is C16H27ClN2O2. The van der Waals surface area contributed by atoms with Crippen molar-refractivity contribution in [2.75, 3.05) is 33.8 Å². The minimum Gasteiger partial charge on any atom is -0.494 e. The topological polar surface area (TPSA) is 41.6 Å². The van der Waals surface area contributed by atoms with Gasteiger partial charge in [0.15, 0.2) is 0 Å². The highest BCUT2D eigenvalue weighted by Gasteiger charge is 2.02. The predicted octanol–water partition coefficient (Wildman–Crippen LogP) is 2.51. The summed E-state index contributed by atoms with van der Waals surface area (Å²) < 4.78 is 42.1. The maximum Gasteiger partial charge on any atom is 0.236 e.